The minimum atomic E-state index is -0.739. The molecule has 0 atom stereocenters. The second kappa shape index (κ2) is 8.77. The smallest absolute Gasteiger partial charge is 0.257 e. The predicted molar refractivity (Wildman–Crippen MR) is 104 cm³/mol. The first-order valence-corrected chi connectivity index (χ1v) is 8.47. The molecule has 5 nitrogen and oxygen atoms in total. The van der Waals surface area contributed by atoms with E-state index in [2.05, 4.69) is 16.0 Å². The van der Waals surface area contributed by atoms with Crippen LogP contribution in [0.3, 0.4) is 0 Å². The summed E-state index contributed by atoms with van der Waals surface area (Å²) < 4.78 is 26.8. The van der Waals surface area contributed by atoms with Crippen LogP contribution in [0.15, 0.2) is 72.8 Å². The first kappa shape index (κ1) is 19.0. The molecule has 0 aliphatic carbocycles. The predicted octanol–water partition coefficient (Wildman–Crippen LogP) is 4.27. The fourth-order valence-electron chi connectivity index (χ4n) is 2.52. The van der Waals surface area contributed by atoms with Crippen LogP contribution in [0.25, 0.3) is 0 Å². The average molecular weight is 381 g/mol. The van der Waals surface area contributed by atoms with E-state index in [4.69, 9.17) is 0 Å². The Bertz CT molecular complexity index is 994. The molecule has 2 amide bonds. The van der Waals surface area contributed by atoms with Gasteiger partial charge in [0.2, 0.25) is 5.91 Å². The number of hydrogen-bond acceptors (Lipinski definition) is 3. The third-order valence-electron chi connectivity index (χ3n) is 3.85. The van der Waals surface area contributed by atoms with Gasteiger partial charge in [0, 0.05) is 17.4 Å². The van der Waals surface area contributed by atoms with Crippen LogP contribution in [0.5, 0.6) is 0 Å². The average Bonchev–Trinajstić information content (AvgIpc) is 2.70. The minimum Gasteiger partial charge on any atom is -0.376 e. The van der Waals surface area contributed by atoms with E-state index in [-0.39, 0.29) is 18.1 Å². The van der Waals surface area contributed by atoms with Crippen molar-refractivity contribution in [3.8, 4) is 0 Å². The number of nitrogens with one attached hydrogen (secondary N) is 3. The molecule has 0 unspecified atom stereocenters. The van der Waals surface area contributed by atoms with E-state index in [0.29, 0.717) is 16.9 Å². The van der Waals surface area contributed by atoms with Crippen LogP contribution in [0.2, 0.25) is 0 Å². The molecule has 0 fully saturated rings. The Morgan fingerprint density at radius 3 is 2.29 bits per heavy atom. The number of rotatable bonds is 6. The molecule has 0 saturated heterocycles. The quantitative estimate of drug-likeness (QED) is 0.597. The molecular weight excluding hydrogens is 364 g/mol. The summed E-state index contributed by atoms with van der Waals surface area (Å²) in [7, 11) is 0. The van der Waals surface area contributed by atoms with Gasteiger partial charge in [-0.1, -0.05) is 30.3 Å². The SMILES string of the molecule is O=C(CNc1ccccc1C(=O)Nc1ccccc1)Nc1cc(F)ccc1F. The van der Waals surface area contributed by atoms with Crippen molar-refractivity contribution < 1.29 is 18.4 Å². The Morgan fingerprint density at radius 1 is 0.786 bits per heavy atom. The Labute approximate surface area is 160 Å². The zero-order valence-electron chi connectivity index (χ0n) is 14.7. The minimum absolute atomic E-state index is 0.231. The van der Waals surface area contributed by atoms with E-state index >= 15 is 0 Å². The van der Waals surface area contributed by atoms with E-state index in [1.807, 2.05) is 6.07 Å². The lowest BCUT2D eigenvalue weighted by molar-refractivity contribution is -0.114. The van der Waals surface area contributed by atoms with Crippen LogP contribution in [-0.4, -0.2) is 18.4 Å². The van der Waals surface area contributed by atoms with Crippen LogP contribution < -0.4 is 16.0 Å². The fourth-order valence-corrected chi connectivity index (χ4v) is 2.52. The van der Waals surface area contributed by atoms with E-state index in [1.165, 1.54) is 0 Å². The molecule has 0 aliphatic rings. The second-order valence-electron chi connectivity index (χ2n) is 5.89. The van der Waals surface area contributed by atoms with Gasteiger partial charge in [-0.3, -0.25) is 9.59 Å². The van der Waals surface area contributed by atoms with Crippen molar-refractivity contribution in [2.75, 3.05) is 22.5 Å². The summed E-state index contributed by atoms with van der Waals surface area (Å²) in [6, 6.07) is 18.4. The van der Waals surface area contributed by atoms with Crippen molar-refractivity contribution in [1.29, 1.82) is 0 Å². The van der Waals surface area contributed by atoms with Gasteiger partial charge in [-0.05, 0) is 36.4 Å². The molecule has 3 rings (SSSR count). The summed E-state index contributed by atoms with van der Waals surface area (Å²) in [5.74, 6) is -2.32. The Kier molecular flexibility index (Phi) is 5.96. The zero-order valence-corrected chi connectivity index (χ0v) is 14.7. The monoisotopic (exact) mass is 381 g/mol. The summed E-state index contributed by atoms with van der Waals surface area (Å²) in [6.07, 6.45) is 0. The van der Waals surface area contributed by atoms with Crippen LogP contribution in [-0.2, 0) is 4.79 Å². The highest BCUT2D eigenvalue weighted by Crippen LogP contribution is 2.18. The molecule has 142 valence electrons. The summed E-state index contributed by atoms with van der Waals surface area (Å²) in [5.41, 5.74) is 1.17. The van der Waals surface area contributed by atoms with Crippen LogP contribution >= 0.6 is 0 Å². The standard InChI is InChI=1S/C21H17F2N3O2/c22-14-10-11-17(23)19(12-14)26-20(27)13-24-18-9-5-4-8-16(18)21(28)25-15-6-2-1-3-7-15/h1-12,24H,13H2,(H,25,28)(H,26,27). The molecule has 3 N–H and O–H groups in total. The van der Waals surface area contributed by atoms with Gasteiger partial charge in [0.05, 0.1) is 17.8 Å². The summed E-state index contributed by atoms with van der Waals surface area (Å²) >= 11 is 0. The topological polar surface area (TPSA) is 70.2 Å². The molecule has 0 heterocycles. The van der Waals surface area contributed by atoms with Crippen molar-refractivity contribution in [2.24, 2.45) is 0 Å². The van der Waals surface area contributed by atoms with E-state index in [0.717, 1.165) is 18.2 Å². The van der Waals surface area contributed by atoms with E-state index < -0.39 is 17.5 Å². The number of benzene rings is 3. The van der Waals surface area contributed by atoms with Crippen molar-refractivity contribution >= 4 is 28.9 Å². The number of amides is 2. The summed E-state index contributed by atoms with van der Waals surface area (Å²) in [6.45, 7) is -0.231. The summed E-state index contributed by atoms with van der Waals surface area (Å²) in [5, 5.41) is 7.91. The highest BCUT2D eigenvalue weighted by Gasteiger charge is 2.13. The van der Waals surface area contributed by atoms with Crippen LogP contribution in [0.4, 0.5) is 25.8 Å². The third-order valence-corrected chi connectivity index (χ3v) is 3.85. The van der Waals surface area contributed by atoms with Gasteiger partial charge in [0.15, 0.2) is 0 Å². The largest absolute Gasteiger partial charge is 0.376 e. The molecule has 0 aliphatic heterocycles. The lowest BCUT2D eigenvalue weighted by Gasteiger charge is -2.13. The molecule has 0 spiro atoms. The number of carbonyl (C=O) groups is 2. The van der Waals surface area contributed by atoms with Crippen molar-refractivity contribution in [2.45, 2.75) is 0 Å². The summed E-state index contributed by atoms with van der Waals surface area (Å²) in [4.78, 5) is 24.6. The highest BCUT2D eigenvalue weighted by molar-refractivity contribution is 6.08. The third kappa shape index (κ3) is 4.91. The lowest BCUT2D eigenvalue weighted by atomic mass is 10.1. The Hall–Kier alpha value is -3.74. The van der Waals surface area contributed by atoms with E-state index in [9.17, 15) is 18.4 Å². The number of hydrogen-bond donors (Lipinski definition) is 3. The Balaban J connectivity index is 1.65. The van der Waals surface area contributed by atoms with Crippen molar-refractivity contribution in [3.63, 3.8) is 0 Å². The number of anilines is 3. The molecule has 7 heteroatoms. The molecular formula is C21H17F2N3O2. The molecule has 3 aromatic carbocycles. The van der Waals surface area contributed by atoms with Gasteiger partial charge < -0.3 is 16.0 Å². The lowest BCUT2D eigenvalue weighted by Crippen LogP contribution is -2.24. The molecule has 0 aromatic heterocycles. The van der Waals surface area contributed by atoms with Gasteiger partial charge in [0.25, 0.3) is 5.91 Å². The van der Waals surface area contributed by atoms with Crippen LogP contribution in [0, 0.1) is 11.6 Å². The van der Waals surface area contributed by atoms with Crippen LogP contribution in [0.1, 0.15) is 10.4 Å². The normalized spacial score (nSPS) is 10.2. The number of para-hydroxylation sites is 2. The maximum absolute atomic E-state index is 13.6. The number of carbonyl (C=O) groups excluding carboxylic acids is 2. The van der Waals surface area contributed by atoms with Gasteiger partial charge >= 0.3 is 0 Å². The Morgan fingerprint density at radius 2 is 1.50 bits per heavy atom. The number of halogens is 2. The molecule has 3 aromatic rings. The highest BCUT2D eigenvalue weighted by atomic mass is 19.1. The van der Waals surface area contributed by atoms with Gasteiger partial charge in [-0.15, -0.1) is 0 Å². The maximum Gasteiger partial charge on any atom is 0.257 e. The van der Waals surface area contributed by atoms with Crippen molar-refractivity contribution in [1.82, 2.24) is 0 Å². The van der Waals surface area contributed by atoms with E-state index in [1.54, 1.807) is 48.5 Å². The second-order valence-corrected chi connectivity index (χ2v) is 5.89. The maximum atomic E-state index is 13.6. The van der Waals surface area contributed by atoms with Crippen molar-refractivity contribution in [3.05, 3.63) is 90.0 Å². The van der Waals surface area contributed by atoms with Gasteiger partial charge in [-0.25, -0.2) is 8.78 Å². The molecule has 0 radical (unpaired) electrons. The first-order chi connectivity index (χ1) is 13.5. The first-order valence-electron chi connectivity index (χ1n) is 8.47. The molecule has 0 bridgehead atoms. The fraction of sp³-hybridized carbons (Fsp3) is 0.0476. The molecule has 0 saturated carbocycles. The van der Waals surface area contributed by atoms with Gasteiger partial charge in [0.1, 0.15) is 11.6 Å². The molecule has 28 heavy (non-hydrogen) atoms. The zero-order chi connectivity index (χ0) is 19.9. The van der Waals surface area contributed by atoms with Gasteiger partial charge in [-0.2, -0.15) is 0 Å².